The zero-order valence-corrected chi connectivity index (χ0v) is 17.0. The van der Waals surface area contributed by atoms with Gasteiger partial charge in [-0.2, -0.15) is 0 Å². The number of amides is 1. The number of carbonyl (C=O) groups is 1. The monoisotopic (exact) mass is 402 g/mol. The normalized spacial score (nSPS) is 15.3. The summed E-state index contributed by atoms with van der Waals surface area (Å²) in [6, 6.07) is 13.4. The van der Waals surface area contributed by atoms with Crippen molar-refractivity contribution in [2.45, 2.75) is 31.6 Å². The zero-order chi connectivity index (χ0) is 20.1. The number of anilines is 1. The van der Waals surface area contributed by atoms with Gasteiger partial charge < -0.3 is 9.64 Å². The first-order valence-electron chi connectivity index (χ1n) is 9.44. The minimum Gasteiger partial charge on any atom is -0.483 e. The second-order valence-corrected chi connectivity index (χ2v) is 8.93. The maximum atomic E-state index is 12.6. The molecular formula is C21H26N2O4S. The molecule has 2 aromatic rings. The third kappa shape index (κ3) is 5.04. The molecule has 2 aromatic carbocycles. The molecule has 7 heteroatoms. The molecule has 0 bridgehead atoms. The lowest BCUT2D eigenvalue weighted by Gasteiger charge is -2.30. The molecule has 0 atom stereocenters. The standard InChI is InChI=1S/C21H26N2O4S/c1-16-10-12-23(13-11-16)21(24)15-27-20-9-8-19(14-17(20)2)28(25,26)22-18-6-4-3-5-7-18/h3-9,14,16,22H,10-13,15H2,1-2H3. The third-order valence-electron chi connectivity index (χ3n) is 4.97. The zero-order valence-electron chi connectivity index (χ0n) is 16.2. The Kier molecular flexibility index (Phi) is 6.24. The predicted molar refractivity (Wildman–Crippen MR) is 109 cm³/mol. The van der Waals surface area contributed by atoms with Gasteiger partial charge in [-0.05, 0) is 61.6 Å². The lowest BCUT2D eigenvalue weighted by atomic mass is 9.99. The first kappa shape index (κ1) is 20.2. The van der Waals surface area contributed by atoms with Gasteiger partial charge in [0.2, 0.25) is 0 Å². The number of piperidine rings is 1. The van der Waals surface area contributed by atoms with E-state index in [0.717, 1.165) is 25.9 Å². The van der Waals surface area contributed by atoms with Crippen LogP contribution >= 0.6 is 0 Å². The van der Waals surface area contributed by atoms with E-state index < -0.39 is 10.0 Å². The predicted octanol–water partition coefficient (Wildman–Crippen LogP) is 3.43. The molecule has 1 N–H and O–H groups in total. The van der Waals surface area contributed by atoms with E-state index in [4.69, 9.17) is 4.74 Å². The van der Waals surface area contributed by atoms with Gasteiger partial charge in [0.05, 0.1) is 4.90 Å². The topological polar surface area (TPSA) is 75.7 Å². The highest BCUT2D eigenvalue weighted by atomic mass is 32.2. The van der Waals surface area contributed by atoms with Crippen LogP contribution in [0.2, 0.25) is 0 Å². The first-order valence-corrected chi connectivity index (χ1v) is 10.9. The summed E-state index contributed by atoms with van der Waals surface area (Å²) in [5, 5.41) is 0. The van der Waals surface area contributed by atoms with Gasteiger partial charge in [0.1, 0.15) is 5.75 Å². The van der Waals surface area contributed by atoms with Crippen molar-refractivity contribution in [1.82, 2.24) is 4.90 Å². The number of rotatable bonds is 6. The van der Waals surface area contributed by atoms with E-state index in [9.17, 15) is 13.2 Å². The van der Waals surface area contributed by atoms with Gasteiger partial charge in [0, 0.05) is 18.8 Å². The van der Waals surface area contributed by atoms with E-state index in [2.05, 4.69) is 11.6 Å². The number of sulfonamides is 1. The minimum absolute atomic E-state index is 0.0336. The summed E-state index contributed by atoms with van der Waals surface area (Å²) in [4.78, 5) is 14.3. The van der Waals surface area contributed by atoms with Gasteiger partial charge in [-0.25, -0.2) is 8.42 Å². The summed E-state index contributed by atoms with van der Waals surface area (Å²) in [7, 11) is -3.69. The van der Waals surface area contributed by atoms with Crippen molar-refractivity contribution < 1.29 is 17.9 Å². The number of hydrogen-bond donors (Lipinski definition) is 1. The molecule has 1 aliphatic rings. The third-order valence-corrected chi connectivity index (χ3v) is 6.35. The van der Waals surface area contributed by atoms with Gasteiger partial charge in [0.25, 0.3) is 15.9 Å². The Hall–Kier alpha value is -2.54. The Bertz CT molecular complexity index is 921. The van der Waals surface area contributed by atoms with Gasteiger partial charge in [-0.3, -0.25) is 9.52 Å². The number of aryl methyl sites for hydroxylation is 1. The smallest absolute Gasteiger partial charge is 0.261 e. The van der Waals surface area contributed by atoms with Crippen LogP contribution in [0.5, 0.6) is 5.75 Å². The fraction of sp³-hybridized carbons (Fsp3) is 0.381. The molecule has 0 saturated carbocycles. The molecular weight excluding hydrogens is 376 g/mol. The summed E-state index contributed by atoms with van der Waals surface area (Å²) < 4.78 is 33.3. The minimum atomic E-state index is -3.69. The van der Waals surface area contributed by atoms with Crippen LogP contribution in [0.4, 0.5) is 5.69 Å². The van der Waals surface area contributed by atoms with Crippen LogP contribution in [-0.2, 0) is 14.8 Å². The van der Waals surface area contributed by atoms with E-state index in [0.29, 0.717) is 22.9 Å². The van der Waals surface area contributed by atoms with Crippen molar-refractivity contribution >= 4 is 21.6 Å². The van der Waals surface area contributed by atoms with E-state index >= 15 is 0 Å². The number of carbonyl (C=O) groups excluding carboxylic acids is 1. The van der Waals surface area contributed by atoms with Gasteiger partial charge in [0.15, 0.2) is 6.61 Å². The Balaban J connectivity index is 1.63. The van der Waals surface area contributed by atoms with Crippen LogP contribution in [0.25, 0.3) is 0 Å². The van der Waals surface area contributed by atoms with E-state index in [-0.39, 0.29) is 17.4 Å². The van der Waals surface area contributed by atoms with E-state index in [1.807, 2.05) is 11.0 Å². The van der Waals surface area contributed by atoms with Gasteiger partial charge >= 0.3 is 0 Å². The number of ether oxygens (including phenoxy) is 1. The van der Waals surface area contributed by atoms with Crippen LogP contribution in [0.1, 0.15) is 25.3 Å². The number of nitrogens with one attached hydrogen (secondary N) is 1. The van der Waals surface area contributed by atoms with Crippen LogP contribution in [0, 0.1) is 12.8 Å². The van der Waals surface area contributed by atoms with Crippen molar-refractivity contribution in [1.29, 1.82) is 0 Å². The molecule has 0 radical (unpaired) electrons. The van der Waals surface area contributed by atoms with Crippen LogP contribution in [0.3, 0.4) is 0 Å². The molecule has 150 valence electrons. The molecule has 1 fully saturated rings. The second kappa shape index (κ2) is 8.65. The van der Waals surface area contributed by atoms with E-state index in [1.165, 1.54) is 6.07 Å². The molecule has 1 heterocycles. The summed E-state index contributed by atoms with van der Waals surface area (Å²) in [5.41, 5.74) is 1.16. The molecule has 1 saturated heterocycles. The molecule has 0 aliphatic carbocycles. The Morgan fingerprint density at radius 1 is 1.14 bits per heavy atom. The van der Waals surface area contributed by atoms with Crippen LogP contribution in [0.15, 0.2) is 53.4 Å². The van der Waals surface area contributed by atoms with Gasteiger partial charge in [-0.1, -0.05) is 25.1 Å². The summed E-state index contributed by atoms with van der Waals surface area (Å²) in [5.74, 6) is 1.14. The largest absolute Gasteiger partial charge is 0.483 e. The summed E-state index contributed by atoms with van der Waals surface area (Å²) in [6.07, 6.45) is 2.04. The van der Waals surface area contributed by atoms with Crippen LogP contribution < -0.4 is 9.46 Å². The summed E-state index contributed by atoms with van der Waals surface area (Å²) >= 11 is 0. The number of likely N-dealkylation sites (tertiary alicyclic amines) is 1. The Labute approximate surface area is 166 Å². The van der Waals surface area contributed by atoms with Crippen molar-refractivity contribution in [2.75, 3.05) is 24.4 Å². The maximum Gasteiger partial charge on any atom is 0.261 e. The summed E-state index contributed by atoms with van der Waals surface area (Å²) in [6.45, 7) is 5.47. The van der Waals surface area contributed by atoms with Gasteiger partial charge in [-0.15, -0.1) is 0 Å². The van der Waals surface area contributed by atoms with Crippen molar-refractivity contribution in [3.05, 3.63) is 54.1 Å². The molecule has 0 spiro atoms. The number of para-hydroxylation sites is 1. The molecule has 3 rings (SSSR count). The quantitative estimate of drug-likeness (QED) is 0.803. The number of hydrogen-bond acceptors (Lipinski definition) is 4. The Morgan fingerprint density at radius 3 is 2.46 bits per heavy atom. The first-order chi connectivity index (χ1) is 13.3. The molecule has 0 aromatic heterocycles. The fourth-order valence-corrected chi connectivity index (χ4v) is 4.30. The highest BCUT2D eigenvalue weighted by Crippen LogP contribution is 2.24. The highest BCUT2D eigenvalue weighted by Gasteiger charge is 2.21. The lowest BCUT2D eigenvalue weighted by molar-refractivity contribution is -0.134. The van der Waals surface area contributed by atoms with Crippen LogP contribution in [-0.4, -0.2) is 38.9 Å². The average Bonchev–Trinajstić information content (AvgIpc) is 2.67. The molecule has 1 aliphatic heterocycles. The Morgan fingerprint density at radius 2 is 1.82 bits per heavy atom. The molecule has 0 unspecified atom stereocenters. The fourth-order valence-electron chi connectivity index (χ4n) is 3.16. The molecule has 28 heavy (non-hydrogen) atoms. The van der Waals surface area contributed by atoms with Crippen molar-refractivity contribution in [2.24, 2.45) is 5.92 Å². The second-order valence-electron chi connectivity index (χ2n) is 7.25. The average molecular weight is 403 g/mol. The molecule has 6 nitrogen and oxygen atoms in total. The van der Waals surface area contributed by atoms with Crippen molar-refractivity contribution in [3.8, 4) is 5.75 Å². The SMILES string of the molecule is Cc1cc(S(=O)(=O)Nc2ccccc2)ccc1OCC(=O)N1CCC(C)CC1. The molecule has 1 amide bonds. The number of benzene rings is 2. The van der Waals surface area contributed by atoms with Crippen molar-refractivity contribution in [3.63, 3.8) is 0 Å². The van der Waals surface area contributed by atoms with E-state index in [1.54, 1.807) is 43.3 Å². The maximum absolute atomic E-state index is 12.6. The number of nitrogens with zero attached hydrogens (tertiary/aromatic N) is 1. The lowest BCUT2D eigenvalue weighted by Crippen LogP contribution is -2.40. The highest BCUT2D eigenvalue weighted by molar-refractivity contribution is 7.92.